The van der Waals surface area contributed by atoms with Gasteiger partial charge in [0.2, 0.25) is 11.8 Å². The van der Waals surface area contributed by atoms with E-state index < -0.39 is 35.8 Å². The SMILES string of the molecule is CC[C@@H](NC(=O)N1C(=O)[C@H](Cc2cc(C)nc(N)c2)[C@H]1C(=O)N(C)C1C=NN(C)C1C)c1ccc(C)cc1F. The van der Waals surface area contributed by atoms with Crippen molar-refractivity contribution in [3.8, 4) is 0 Å². The number of halogens is 1. The molecule has 5 atom stereocenters. The molecule has 2 aliphatic rings. The number of amides is 4. The van der Waals surface area contributed by atoms with Crippen molar-refractivity contribution in [1.82, 2.24) is 25.1 Å². The zero-order chi connectivity index (χ0) is 28.6. The minimum absolute atomic E-state index is 0.0768. The molecule has 208 valence electrons. The largest absolute Gasteiger partial charge is 0.384 e. The van der Waals surface area contributed by atoms with Crippen molar-refractivity contribution in [1.29, 1.82) is 0 Å². The number of pyridine rings is 1. The van der Waals surface area contributed by atoms with Crippen molar-refractivity contribution in [2.24, 2.45) is 11.0 Å². The van der Waals surface area contributed by atoms with E-state index in [1.165, 1.54) is 11.0 Å². The lowest BCUT2D eigenvalue weighted by Crippen LogP contribution is -2.71. The number of hydrogen-bond donors (Lipinski definition) is 2. The molecule has 1 aromatic carbocycles. The van der Waals surface area contributed by atoms with E-state index in [2.05, 4.69) is 15.4 Å². The normalized spacial score (nSPS) is 23.0. The van der Waals surface area contributed by atoms with Crippen LogP contribution in [0.25, 0.3) is 0 Å². The van der Waals surface area contributed by atoms with Crippen molar-refractivity contribution >= 4 is 29.9 Å². The fraction of sp³-hybridized carbons (Fsp3) is 0.464. The number of benzene rings is 1. The first-order valence-corrected chi connectivity index (χ1v) is 13.1. The van der Waals surface area contributed by atoms with E-state index in [0.29, 0.717) is 23.5 Å². The van der Waals surface area contributed by atoms with Crippen LogP contribution in [0.1, 0.15) is 48.7 Å². The summed E-state index contributed by atoms with van der Waals surface area (Å²) in [5, 5.41) is 8.81. The van der Waals surface area contributed by atoms with Crippen molar-refractivity contribution < 1.29 is 18.8 Å². The maximum atomic E-state index is 14.7. The van der Waals surface area contributed by atoms with Crippen LogP contribution >= 0.6 is 0 Å². The molecule has 3 heterocycles. The molecule has 1 saturated heterocycles. The van der Waals surface area contributed by atoms with Crippen LogP contribution in [0.4, 0.5) is 15.0 Å². The van der Waals surface area contributed by atoms with Crippen molar-refractivity contribution in [3.63, 3.8) is 0 Å². The molecule has 0 saturated carbocycles. The van der Waals surface area contributed by atoms with E-state index in [0.717, 1.165) is 16.0 Å². The molecule has 11 heteroatoms. The van der Waals surface area contributed by atoms with Crippen LogP contribution in [0.15, 0.2) is 35.4 Å². The first-order valence-electron chi connectivity index (χ1n) is 13.1. The fourth-order valence-corrected chi connectivity index (χ4v) is 5.33. The Hall–Kier alpha value is -4.02. The van der Waals surface area contributed by atoms with Crippen molar-refractivity contribution in [2.75, 3.05) is 19.8 Å². The van der Waals surface area contributed by atoms with Crippen LogP contribution < -0.4 is 11.1 Å². The lowest BCUT2D eigenvalue weighted by atomic mass is 9.81. The maximum absolute atomic E-state index is 14.7. The van der Waals surface area contributed by atoms with Gasteiger partial charge < -0.3 is 16.0 Å². The van der Waals surface area contributed by atoms with Crippen LogP contribution in [0, 0.1) is 25.6 Å². The Labute approximate surface area is 228 Å². The number of nitrogen functional groups attached to an aromatic ring is 1. The fourth-order valence-electron chi connectivity index (χ4n) is 5.33. The minimum Gasteiger partial charge on any atom is -0.384 e. The van der Waals surface area contributed by atoms with Crippen LogP contribution in [0.2, 0.25) is 0 Å². The molecule has 2 aliphatic heterocycles. The number of aryl methyl sites for hydroxylation is 2. The van der Waals surface area contributed by atoms with Crippen molar-refractivity contribution in [2.45, 2.75) is 64.7 Å². The third-order valence-electron chi connectivity index (χ3n) is 7.69. The highest BCUT2D eigenvalue weighted by atomic mass is 19.1. The van der Waals surface area contributed by atoms with E-state index >= 15 is 0 Å². The number of likely N-dealkylation sites (N-methyl/N-ethyl adjacent to an activating group) is 2. The number of imide groups is 1. The molecule has 0 bridgehead atoms. The van der Waals surface area contributed by atoms with Crippen LogP contribution in [0.5, 0.6) is 0 Å². The van der Waals surface area contributed by atoms with Gasteiger partial charge in [-0.15, -0.1) is 0 Å². The summed E-state index contributed by atoms with van der Waals surface area (Å²) < 4.78 is 14.7. The molecular formula is C28H36FN7O3. The molecule has 4 amide bonds. The second-order valence-electron chi connectivity index (χ2n) is 10.5. The van der Waals surface area contributed by atoms with Crippen LogP contribution in [0.3, 0.4) is 0 Å². The number of nitrogens with one attached hydrogen (secondary N) is 1. The Bertz CT molecular complexity index is 1300. The van der Waals surface area contributed by atoms with Crippen LogP contribution in [-0.2, 0) is 16.0 Å². The summed E-state index contributed by atoms with van der Waals surface area (Å²) in [6.07, 6.45) is 2.30. The quantitative estimate of drug-likeness (QED) is 0.524. The van der Waals surface area contributed by atoms with Gasteiger partial charge in [0.05, 0.1) is 24.0 Å². The van der Waals surface area contributed by atoms with Gasteiger partial charge >= 0.3 is 6.03 Å². The number of nitrogens with zero attached hydrogens (tertiary/aromatic N) is 5. The molecular weight excluding hydrogens is 501 g/mol. The number of rotatable bonds is 7. The zero-order valence-electron chi connectivity index (χ0n) is 23.2. The van der Waals surface area contributed by atoms with Gasteiger partial charge in [0.1, 0.15) is 17.7 Å². The second kappa shape index (κ2) is 11.0. The smallest absolute Gasteiger partial charge is 0.325 e. The topological polar surface area (TPSA) is 124 Å². The molecule has 2 aromatic rings. The Kier molecular flexibility index (Phi) is 7.89. The molecule has 4 rings (SSSR count). The first kappa shape index (κ1) is 28.0. The Morgan fingerprint density at radius 1 is 1.23 bits per heavy atom. The Morgan fingerprint density at radius 2 is 1.95 bits per heavy atom. The molecule has 2 unspecified atom stereocenters. The van der Waals surface area contributed by atoms with E-state index in [-0.39, 0.29) is 24.4 Å². The van der Waals surface area contributed by atoms with E-state index in [9.17, 15) is 18.8 Å². The average Bonchev–Trinajstić information content (AvgIpc) is 3.20. The highest BCUT2D eigenvalue weighted by molar-refractivity contribution is 6.09. The molecule has 0 radical (unpaired) electrons. The second-order valence-corrected chi connectivity index (χ2v) is 10.5. The minimum atomic E-state index is -1.04. The number of likely N-dealkylation sites (tertiary alicyclic amines) is 1. The van der Waals surface area contributed by atoms with Gasteiger partial charge in [0.15, 0.2) is 0 Å². The molecule has 0 spiro atoms. The molecule has 10 nitrogen and oxygen atoms in total. The first-order chi connectivity index (χ1) is 18.4. The Morgan fingerprint density at radius 3 is 2.54 bits per heavy atom. The lowest BCUT2D eigenvalue weighted by molar-refractivity contribution is -0.162. The standard InChI is InChI=1S/C28H36FN7O3/c1-7-22(19-9-8-15(2)10-21(19)29)33-28(39)36-25(27(38)34(5)23-14-31-35(6)17(23)4)20(26(36)37)12-18-11-16(3)32-24(30)13-18/h8-11,13-14,17,20,22-23,25H,7,12H2,1-6H3,(H2,30,32)(H,33,39)/t17?,20-,22-,23?,25+/m1/s1. The van der Waals surface area contributed by atoms with Gasteiger partial charge in [-0.3, -0.25) is 19.5 Å². The summed E-state index contributed by atoms with van der Waals surface area (Å²) in [5.41, 5.74) is 8.43. The average molecular weight is 538 g/mol. The summed E-state index contributed by atoms with van der Waals surface area (Å²) in [6.45, 7) is 7.34. The Balaban J connectivity index is 1.61. The molecule has 1 aromatic heterocycles. The number of aromatic nitrogens is 1. The summed E-state index contributed by atoms with van der Waals surface area (Å²) >= 11 is 0. The monoisotopic (exact) mass is 537 g/mol. The van der Waals surface area contributed by atoms with E-state index in [4.69, 9.17) is 5.73 Å². The predicted molar refractivity (Wildman–Crippen MR) is 146 cm³/mol. The zero-order valence-corrected chi connectivity index (χ0v) is 23.2. The molecule has 3 N–H and O–H groups in total. The van der Waals surface area contributed by atoms with Gasteiger partial charge in [0.25, 0.3) is 0 Å². The molecule has 39 heavy (non-hydrogen) atoms. The van der Waals surface area contributed by atoms with Gasteiger partial charge in [-0.1, -0.05) is 19.1 Å². The van der Waals surface area contributed by atoms with E-state index in [1.807, 2.05) is 27.0 Å². The third kappa shape index (κ3) is 5.43. The lowest BCUT2D eigenvalue weighted by Gasteiger charge is -2.47. The highest BCUT2D eigenvalue weighted by Gasteiger charge is 2.56. The predicted octanol–water partition coefficient (Wildman–Crippen LogP) is 2.80. The molecule has 1 fully saturated rings. The van der Waals surface area contributed by atoms with Gasteiger partial charge in [-0.25, -0.2) is 14.2 Å². The number of urea groups is 1. The van der Waals surface area contributed by atoms with Crippen molar-refractivity contribution in [3.05, 3.63) is 58.5 Å². The number of carbonyl (C=O) groups excluding carboxylic acids is 3. The number of β-lactam (4-membered cyclic amide) rings is 1. The number of carbonyl (C=O) groups is 3. The maximum Gasteiger partial charge on any atom is 0.325 e. The summed E-state index contributed by atoms with van der Waals surface area (Å²) in [7, 11) is 3.47. The van der Waals surface area contributed by atoms with Crippen LogP contribution in [-0.4, -0.2) is 76.1 Å². The highest BCUT2D eigenvalue weighted by Crippen LogP contribution is 2.34. The number of anilines is 1. The number of hydrazone groups is 1. The van der Waals surface area contributed by atoms with Gasteiger partial charge in [-0.2, -0.15) is 5.10 Å². The number of nitrogens with two attached hydrogens (primary N) is 1. The summed E-state index contributed by atoms with van der Waals surface area (Å²) in [4.78, 5) is 47.4. The number of hydrogen-bond acceptors (Lipinski definition) is 7. The van der Waals surface area contributed by atoms with Gasteiger partial charge in [0, 0.05) is 31.6 Å². The van der Waals surface area contributed by atoms with Gasteiger partial charge in [-0.05, 0) is 62.9 Å². The summed E-state index contributed by atoms with van der Waals surface area (Å²) in [5.74, 6) is -1.74. The molecule has 0 aliphatic carbocycles. The summed E-state index contributed by atoms with van der Waals surface area (Å²) in [6, 6.07) is 5.44. The van der Waals surface area contributed by atoms with E-state index in [1.54, 1.807) is 50.3 Å². The third-order valence-corrected chi connectivity index (χ3v) is 7.69.